The second-order valence-electron chi connectivity index (χ2n) is 6.62. The van der Waals surface area contributed by atoms with Gasteiger partial charge in [-0.1, -0.05) is 56.3 Å². The summed E-state index contributed by atoms with van der Waals surface area (Å²) < 4.78 is 5.38. The van der Waals surface area contributed by atoms with Crippen LogP contribution in [0.4, 0.5) is 11.4 Å². The summed E-state index contributed by atoms with van der Waals surface area (Å²) in [6, 6.07) is 17.1. The molecule has 1 amide bonds. The number of hydrogen-bond donors (Lipinski definition) is 2. The van der Waals surface area contributed by atoms with Crippen molar-refractivity contribution in [3.8, 4) is 0 Å². The summed E-state index contributed by atoms with van der Waals surface area (Å²) in [7, 11) is 0. The molecule has 0 saturated carbocycles. The predicted molar refractivity (Wildman–Crippen MR) is 104 cm³/mol. The van der Waals surface area contributed by atoms with Crippen molar-refractivity contribution < 1.29 is 9.21 Å². The maximum absolute atomic E-state index is 12.5. The molecule has 0 atom stereocenters. The van der Waals surface area contributed by atoms with Crippen LogP contribution in [-0.4, -0.2) is 5.91 Å². The normalized spacial score (nSPS) is 10.9. The zero-order valence-corrected chi connectivity index (χ0v) is 14.9. The lowest BCUT2D eigenvalue weighted by atomic mass is 10.1. The molecule has 0 aliphatic rings. The lowest BCUT2D eigenvalue weighted by Gasteiger charge is -2.15. The van der Waals surface area contributed by atoms with Gasteiger partial charge in [-0.05, 0) is 23.6 Å². The van der Waals surface area contributed by atoms with E-state index in [1.165, 1.54) is 0 Å². The summed E-state index contributed by atoms with van der Waals surface area (Å²) >= 11 is 0. The quantitative estimate of drug-likeness (QED) is 0.647. The Labute approximate surface area is 152 Å². The van der Waals surface area contributed by atoms with E-state index in [0.29, 0.717) is 24.2 Å². The Hall–Kier alpha value is -3.08. The summed E-state index contributed by atoms with van der Waals surface area (Å²) in [6.07, 6.45) is 0.338. The lowest BCUT2D eigenvalue weighted by molar-refractivity contribution is -0.116. The largest absolute Gasteiger partial charge is 0.421 e. The van der Waals surface area contributed by atoms with Crippen molar-refractivity contribution in [2.24, 2.45) is 5.92 Å². The second-order valence-corrected chi connectivity index (χ2v) is 6.62. The molecule has 26 heavy (non-hydrogen) atoms. The molecule has 0 spiro atoms. The van der Waals surface area contributed by atoms with Crippen molar-refractivity contribution in [3.63, 3.8) is 0 Å². The smallest absolute Gasteiger partial charge is 0.362 e. The first-order valence-corrected chi connectivity index (χ1v) is 8.68. The average Bonchev–Trinajstić information content (AvgIpc) is 2.61. The van der Waals surface area contributed by atoms with Crippen molar-refractivity contribution in [3.05, 3.63) is 70.6 Å². The van der Waals surface area contributed by atoms with Crippen molar-refractivity contribution >= 4 is 28.3 Å². The van der Waals surface area contributed by atoms with E-state index in [1.807, 2.05) is 62.4 Å². The van der Waals surface area contributed by atoms with Gasteiger partial charge in [-0.15, -0.1) is 0 Å². The molecule has 3 aromatic rings. The number of anilines is 2. The monoisotopic (exact) mass is 350 g/mol. The van der Waals surface area contributed by atoms with Crippen LogP contribution in [0, 0.1) is 5.92 Å². The minimum Gasteiger partial charge on any atom is -0.421 e. The molecule has 3 rings (SSSR count). The molecule has 1 heterocycles. The molecular formula is C21H22N2O3. The van der Waals surface area contributed by atoms with Gasteiger partial charge in [0.05, 0.1) is 5.69 Å². The summed E-state index contributed by atoms with van der Waals surface area (Å²) in [5.41, 5.74) is 1.73. The Morgan fingerprint density at radius 2 is 1.69 bits per heavy atom. The highest BCUT2D eigenvalue weighted by molar-refractivity contribution is 6.02. The number of carbonyl (C=O) groups is 1. The minimum atomic E-state index is -0.559. The van der Waals surface area contributed by atoms with Crippen molar-refractivity contribution in [1.82, 2.24) is 0 Å². The number of hydrogen-bond acceptors (Lipinski definition) is 4. The Morgan fingerprint density at radius 1 is 1.00 bits per heavy atom. The van der Waals surface area contributed by atoms with Gasteiger partial charge in [0.25, 0.3) is 0 Å². The summed E-state index contributed by atoms with van der Waals surface area (Å²) in [4.78, 5) is 24.7. The van der Waals surface area contributed by atoms with Gasteiger partial charge in [-0.25, -0.2) is 4.79 Å². The van der Waals surface area contributed by atoms with E-state index >= 15 is 0 Å². The SMILES string of the molecule is CC(C)CC(=O)Nc1c(NCc2ccccc2)c2ccccc2oc1=O. The number of para-hydroxylation sites is 1. The molecular weight excluding hydrogens is 328 g/mol. The van der Waals surface area contributed by atoms with Crippen LogP contribution in [0.2, 0.25) is 0 Å². The van der Waals surface area contributed by atoms with Crippen LogP contribution in [0.1, 0.15) is 25.8 Å². The molecule has 0 aliphatic heterocycles. The van der Waals surface area contributed by atoms with Crippen LogP contribution < -0.4 is 16.3 Å². The minimum absolute atomic E-state index is 0.158. The van der Waals surface area contributed by atoms with Crippen LogP contribution in [0.25, 0.3) is 11.0 Å². The fourth-order valence-electron chi connectivity index (χ4n) is 2.79. The summed E-state index contributed by atoms with van der Waals surface area (Å²) in [5, 5.41) is 6.78. The van der Waals surface area contributed by atoms with E-state index < -0.39 is 5.63 Å². The van der Waals surface area contributed by atoms with E-state index in [2.05, 4.69) is 10.6 Å². The maximum atomic E-state index is 12.5. The second kappa shape index (κ2) is 7.87. The standard InChI is InChI=1S/C21H22N2O3/c1-14(2)12-18(24)23-20-19(22-13-15-8-4-3-5-9-15)16-10-6-7-11-17(16)26-21(20)25/h3-11,14,22H,12-13H2,1-2H3,(H,23,24). The molecule has 5 heteroatoms. The number of fused-ring (bicyclic) bond motifs is 1. The molecule has 0 bridgehead atoms. The molecule has 134 valence electrons. The highest BCUT2D eigenvalue weighted by atomic mass is 16.4. The Kier molecular flexibility index (Phi) is 5.37. The molecule has 5 nitrogen and oxygen atoms in total. The Morgan fingerprint density at radius 3 is 2.42 bits per heavy atom. The summed E-state index contributed by atoms with van der Waals surface area (Å²) in [6.45, 7) is 4.44. The molecule has 2 N–H and O–H groups in total. The third-order valence-corrected chi connectivity index (χ3v) is 3.98. The molecule has 0 saturated heterocycles. The Balaban J connectivity index is 2.00. The molecule has 2 aromatic carbocycles. The van der Waals surface area contributed by atoms with Crippen LogP contribution in [-0.2, 0) is 11.3 Å². The maximum Gasteiger partial charge on any atom is 0.362 e. The summed E-state index contributed by atoms with van der Waals surface area (Å²) in [5.74, 6) is -0.00596. The van der Waals surface area contributed by atoms with Crippen LogP contribution in [0.3, 0.4) is 0 Å². The van der Waals surface area contributed by atoms with Crippen molar-refractivity contribution in [1.29, 1.82) is 0 Å². The zero-order valence-electron chi connectivity index (χ0n) is 14.9. The van der Waals surface area contributed by atoms with Gasteiger partial charge in [-0.3, -0.25) is 4.79 Å². The van der Waals surface area contributed by atoms with Gasteiger partial charge in [0, 0.05) is 18.4 Å². The fraction of sp³-hybridized carbons (Fsp3) is 0.238. The van der Waals surface area contributed by atoms with Crippen LogP contribution >= 0.6 is 0 Å². The molecule has 1 aromatic heterocycles. The molecule has 0 fully saturated rings. The van der Waals surface area contributed by atoms with Crippen LogP contribution in [0.5, 0.6) is 0 Å². The first kappa shape index (κ1) is 17.7. The topological polar surface area (TPSA) is 71.3 Å². The molecule has 0 unspecified atom stereocenters. The fourth-order valence-corrected chi connectivity index (χ4v) is 2.79. The first-order valence-electron chi connectivity index (χ1n) is 8.68. The average molecular weight is 350 g/mol. The van der Waals surface area contributed by atoms with E-state index in [-0.39, 0.29) is 17.5 Å². The third kappa shape index (κ3) is 4.11. The van der Waals surface area contributed by atoms with E-state index in [9.17, 15) is 9.59 Å². The van der Waals surface area contributed by atoms with Crippen molar-refractivity contribution in [2.75, 3.05) is 10.6 Å². The van der Waals surface area contributed by atoms with Crippen LogP contribution in [0.15, 0.2) is 63.8 Å². The highest BCUT2D eigenvalue weighted by Crippen LogP contribution is 2.29. The number of nitrogens with one attached hydrogen (secondary N) is 2. The third-order valence-electron chi connectivity index (χ3n) is 3.98. The number of amides is 1. The first-order chi connectivity index (χ1) is 12.5. The predicted octanol–water partition coefficient (Wildman–Crippen LogP) is 4.39. The Bertz CT molecular complexity index is 962. The van der Waals surface area contributed by atoms with Gasteiger partial charge in [-0.2, -0.15) is 0 Å². The van der Waals surface area contributed by atoms with Gasteiger partial charge in [0.2, 0.25) is 5.91 Å². The van der Waals surface area contributed by atoms with Gasteiger partial charge >= 0.3 is 5.63 Å². The van der Waals surface area contributed by atoms with Gasteiger partial charge < -0.3 is 15.1 Å². The number of rotatable bonds is 6. The van der Waals surface area contributed by atoms with Gasteiger partial charge in [0.1, 0.15) is 5.58 Å². The number of carbonyl (C=O) groups excluding carboxylic acids is 1. The van der Waals surface area contributed by atoms with Crippen molar-refractivity contribution in [2.45, 2.75) is 26.8 Å². The van der Waals surface area contributed by atoms with E-state index in [0.717, 1.165) is 10.9 Å². The lowest BCUT2D eigenvalue weighted by Crippen LogP contribution is -2.21. The number of benzene rings is 2. The molecule has 0 radical (unpaired) electrons. The van der Waals surface area contributed by atoms with E-state index in [1.54, 1.807) is 6.07 Å². The van der Waals surface area contributed by atoms with E-state index in [4.69, 9.17) is 4.42 Å². The molecule has 0 aliphatic carbocycles. The van der Waals surface area contributed by atoms with Gasteiger partial charge in [0.15, 0.2) is 5.69 Å². The highest BCUT2D eigenvalue weighted by Gasteiger charge is 2.17. The zero-order chi connectivity index (χ0) is 18.5.